The highest BCUT2D eigenvalue weighted by molar-refractivity contribution is 5.98. The Morgan fingerprint density at radius 1 is 0.826 bits per heavy atom. The van der Waals surface area contributed by atoms with Crippen molar-refractivity contribution in [1.29, 1.82) is 0 Å². The van der Waals surface area contributed by atoms with E-state index in [-0.39, 0.29) is 36.4 Å². The van der Waals surface area contributed by atoms with Crippen LogP contribution in [0.15, 0.2) is 108 Å². The van der Waals surface area contributed by atoms with Crippen LogP contribution >= 0.6 is 0 Å². The van der Waals surface area contributed by atoms with E-state index in [4.69, 9.17) is 9.84 Å². The first-order valence-electron chi connectivity index (χ1n) is 14.9. The third-order valence-electron chi connectivity index (χ3n) is 7.83. The Labute approximate surface area is 266 Å². The van der Waals surface area contributed by atoms with Crippen molar-refractivity contribution >= 4 is 34.2 Å². The van der Waals surface area contributed by atoms with E-state index in [1.807, 2.05) is 66.7 Å². The van der Waals surface area contributed by atoms with Crippen molar-refractivity contribution in [1.82, 2.24) is 9.88 Å². The predicted molar refractivity (Wildman–Crippen MR) is 177 cm³/mol. The second kappa shape index (κ2) is 14.4. The van der Waals surface area contributed by atoms with E-state index in [1.165, 1.54) is 4.57 Å². The maximum atomic E-state index is 13.8. The van der Waals surface area contributed by atoms with Gasteiger partial charge in [-0.3, -0.25) is 19.2 Å². The van der Waals surface area contributed by atoms with E-state index >= 15 is 0 Å². The summed E-state index contributed by atoms with van der Waals surface area (Å²) in [5, 5.41) is 16.8. The molecule has 1 aromatic heterocycles. The molecule has 1 heterocycles. The number of methoxy groups -OCH3 is 1. The first kappa shape index (κ1) is 31.7. The van der Waals surface area contributed by atoms with Crippen LogP contribution in [-0.2, 0) is 40.2 Å². The Bertz CT molecular complexity index is 1930. The molecule has 5 rings (SSSR count). The Morgan fingerprint density at radius 3 is 2.22 bits per heavy atom. The molecule has 3 N–H and O–H groups in total. The van der Waals surface area contributed by atoms with Crippen LogP contribution in [0.1, 0.15) is 27.8 Å². The first-order chi connectivity index (χ1) is 22.2. The minimum atomic E-state index is -1.01. The number of aliphatic carboxylic acids is 1. The number of carboxylic acids is 1. The van der Waals surface area contributed by atoms with Crippen molar-refractivity contribution in [2.45, 2.75) is 38.8 Å². The molecule has 4 aromatic carbocycles. The summed E-state index contributed by atoms with van der Waals surface area (Å²) in [5.41, 5.74) is 3.40. The van der Waals surface area contributed by atoms with Gasteiger partial charge in [-0.1, -0.05) is 78.9 Å². The van der Waals surface area contributed by atoms with Crippen LogP contribution in [0, 0.1) is 6.92 Å². The van der Waals surface area contributed by atoms with E-state index in [1.54, 1.807) is 50.6 Å². The molecular formula is C37H35N3O6. The van der Waals surface area contributed by atoms with Crippen LogP contribution < -0.4 is 20.9 Å². The fourth-order valence-corrected chi connectivity index (χ4v) is 5.36. The van der Waals surface area contributed by atoms with Crippen molar-refractivity contribution in [2.75, 3.05) is 12.4 Å². The molecule has 2 amide bonds. The second-order valence-corrected chi connectivity index (χ2v) is 11.2. The van der Waals surface area contributed by atoms with Gasteiger partial charge < -0.3 is 25.0 Å². The molecular weight excluding hydrogens is 582 g/mol. The van der Waals surface area contributed by atoms with Crippen LogP contribution in [0.5, 0.6) is 5.75 Å². The van der Waals surface area contributed by atoms with Crippen molar-refractivity contribution < 1.29 is 24.2 Å². The number of anilines is 1. The van der Waals surface area contributed by atoms with Gasteiger partial charge in [-0.05, 0) is 63.7 Å². The number of carboxylic acid groups (broad SMARTS) is 1. The van der Waals surface area contributed by atoms with E-state index in [9.17, 15) is 19.2 Å². The summed E-state index contributed by atoms with van der Waals surface area (Å²) in [5.74, 6) is -1.12. The van der Waals surface area contributed by atoms with Gasteiger partial charge in [-0.15, -0.1) is 0 Å². The van der Waals surface area contributed by atoms with Crippen molar-refractivity contribution in [2.24, 2.45) is 0 Å². The third-order valence-corrected chi connectivity index (χ3v) is 7.83. The number of carbonyl (C=O) groups is 3. The maximum Gasteiger partial charge on any atom is 0.307 e. The zero-order valence-corrected chi connectivity index (χ0v) is 25.7. The number of nitrogens with zero attached hydrogens (tertiary/aromatic N) is 1. The minimum absolute atomic E-state index is 0.0573. The molecule has 46 heavy (non-hydrogen) atoms. The lowest BCUT2D eigenvalue weighted by Crippen LogP contribution is -2.46. The first-order valence-corrected chi connectivity index (χ1v) is 14.9. The molecule has 1 atom stereocenters. The lowest BCUT2D eigenvalue weighted by molar-refractivity contribution is -0.136. The molecule has 0 aliphatic carbocycles. The summed E-state index contributed by atoms with van der Waals surface area (Å²) in [6, 6.07) is 28.5. The molecule has 0 aliphatic heterocycles. The number of hydrogen-bond donors (Lipinski definition) is 3. The highest BCUT2D eigenvalue weighted by atomic mass is 16.5. The Hall–Kier alpha value is -5.70. The van der Waals surface area contributed by atoms with Gasteiger partial charge in [0.05, 0.1) is 26.5 Å². The largest absolute Gasteiger partial charge is 0.497 e. The van der Waals surface area contributed by atoms with Crippen LogP contribution in [0.2, 0.25) is 0 Å². The van der Waals surface area contributed by atoms with Crippen LogP contribution in [-0.4, -0.2) is 40.6 Å². The number of aryl methyl sites for hydroxylation is 1. The fraction of sp³-hybridized carbons (Fsp3) is 0.189. The Morgan fingerprint density at radius 2 is 1.50 bits per heavy atom. The number of fused-ring (bicyclic) bond motifs is 1. The number of rotatable bonds is 12. The molecule has 9 nitrogen and oxygen atoms in total. The molecule has 0 fully saturated rings. The third kappa shape index (κ3) is 7.87. The van der Waals surface area contributed by atoms with Gasteiger partial charge in [0.25, 0.3) is 5.56 Å². The molecule has 9 heteroatoms. The fourth-order valence-electron chi connectivity index (χ4n) is 5.36. The van der Waals surface area contributed by atoms with Crippen LogP contribution in [0.25, 0.3) is 10.8 Å². The number of pyridine rings is 1. The molecule has 0 saturated heterocycles. The van der Waals surface area contributed by atoms with Gasteiger partial charge in [0.2, 0.25) is 11.8 Å². The highest BCUT2D eigenvalue weighted by Gasteiger charge is 2.24. The van der Waals surface area contributed by atoms with Gasteiger partial charge in [0.1, 0.15) is 17.5 Å². The average Bonchev–Trinajstić information content (AvgIpc) is 3.05. The molecule has 0 saturated carbocycles. The van der Waals surface area contributed by atoms with Gasteiger partial charge in [0.15, 0.2) is 0 Å². The van der Waals surface area contributed by atoms with Crippen LogP contribution in [0.4, 0.5) is 5.69 Å². The average molecular weight is 618 g/mol. The zero-order chi connectivity index (χ0) is 32.6. The molecule has 0 bridgehead atoms. The lowest BCUT2D eigenvalue weighted by Gasteiger charge is -2.20. The number of ether oxygens (including phenoxy) is 1. The molecule has 234 valence electrons. The smallest absolute Gasteiger partial charge is 0.307 e. The van der Waals surface area contributed by atoms with Crippen molar-refractivity contribution in [3.8, 4) is 5.75 Å². The minimum Gasteiger partial charge on any atom is -0.497 e. The SMILES string of the molecule is COc1ccc(Cn2ccc(C)c(NC(=O)[C@H](Cc3ccc(CC(=O)O)cc3)NC(=O)Cc3cccc4ccccc34)c2=O)cc1. The normalized spacial score (nSPS) is 11.5. The Balaban J connectivity index is 1.38. The quantitative estimate of drug-likeness (QED) is 0.183. The van der Waals surface area contributed by atoms with Gasteiger partial charge in [-0.2, -0.15) is 0 Å². The van der Waals surface area contributed by atoms with E-state index in [0.29, 0.717) is 23.4 Å². The van der Waals surface area contributed by atoms with E-state index in [2.05, 4.69) is 10.6 Å². The molecule has 0 aliphatic rings. The van der Waals surface area contributed by atoms with Gasteiger partial charge in [-0.25, -0.2) is 0 Å². The second-order valence-electron chi connectivity index (χ2n) is 11.2. The summed E-state index contributed by atoms with van der Waals surface area (Å²) >= 11 is 0. The maximum absolute atomic E-state index is 13.8. The number of nitrogens with one attached hydrogen (secondary N) is 2. The zero-order valence-electron chi connectivity index (χ0n) is 25.7. The number of carbonyl (C=O) groups excluding carboxylic acids is 2. The molecule has 0 unspecified atom stereocenters. The molecule has 0 radical (unpaired) electrons. The van der Waals surface area contributed by atoms with Crippen LogP contribution in [0.3, 0.4) is 0 Å². The summed E-state index contributed by atoms with van der Waals surface area (Å²) < 4.78 is 6.73. The lowest BCUT2D eigenvalue weighted by atomic mass is 10.0. The summed E-state index contributed by atoms with van der Waals surface area (Å²) in [6.45, 7) is 2.03. The van der Waals surface area contributed by atoms with Crippen molar-refractivity contribution in [3.05, 3.63) is 141 Å². The number of benzene rings is 4. The molecule has 0 spiro atoms. The number of hydrogen-bond acceptors (Lipinski definition) is 5. The number of amides is 2. The summed E-state index contributed by atoms with van der Waals surface area (Å²) in [6.07, 6.45) is 1.75. The predicted octanol–water partition coefficient (Wildman–Crippen LogP) is 4.90. The van der Waals surface area contributed by atoms with E-state index in [0.717, 1.165) is 27.5 Å². The van der Waals surface area contributed by atoms with E-state index < -0.39 is 17.9 Å². The highest BCUT2D eigenvalue weighted by Crippen LogP contribution is 2.20. The van der Waals surface area contributed by atoms with Gasteiger partial charge >= 0.3 is 5.97 Å². The standard InChI is InChI=1S/C37H35N3O6/c1-24-18-19-40(23-27-14-16-30(46-2)17-15-27)37(45)35(24)39-36(44)32(20-25-10-12-26(13-11-25)21-34(42)43)38-33(41)22-29-8-5-7-28-6-3-4-9-31(28)29/h3-19,32H,20-23H2,1-2H3,(H,38,41)(H,39,44)(H,42,43)/t32-/m0/s1. The molecule has 5 aromatic rings. The number of aromatic nitrogens is 1. The van der Waals surface area contributed by atoms with Gasteiger partial charge in [0, 0.05) is 12.6 Å². The Kier molecular flexibility index (Phi) is 9.92. The van der Waals surface area contributed by atoms with Crippen molar-refractivity contribution in [3.63, 3.8) is 0 Å². The summed E-state index contributed by atoms with van der Waals surface area (Å²) in [7, 11) is 1.59. The topological polar surface area (TPSA) is 127 Å². The monoisotopic (exact) mass is 617 g/mol. The summed E-state index contributed by atoms with van der Waals surface area (Å²) in [4.78, 5) is 51.9.